The highest BCUT2D eigenvalue weighted by Gasteiger charge is 2.17. The van der Waals surface area contributed by atoms with Crippen molar-refractivity contribution in [2.75, 3.05) is 7.05 Å². The van der Waals surface area contributed by atoms with Gasteiger partial charge in [-0.15, -0.1) is 0 Å². The van der Waals surface area contributed by atoms with Crippen LogP contribution in [0.4, 0.5) is 4.79 Å². The van der Waals surface area contributed by atoms with Crippen LogP contribution in [-0.2, 0) is 19.2 Å². The van der Waals surface area contributed by atoms with Crippen molar-refractivity contribution in [3.05, 3.63) is 0 Å². The first-order chi connectivity index (χ1) is 8.11. The quantitative estimate of drug-likeness (QED) is 0.448. The monoisotopic (exact) mass is 279 g/mol. The van der Waals surface area contributed by atoms with Gasteiger partial charge in [-0.25, -0.2) is 4.79 Å². The van der Waals surface area contributed by atoms with Crippen LogP contribution in [0.2, 0.25) is 0 Å². The normalized spacial score (nSPS) is 10.7. The van der Waals surface area contributed by atoms with Crippen LogP contribution >= 0.6 is 11.6 Å². The third kappa shape index (κ3) is 8.81. The van der Waals surface area contributed by atoms with Crippen molar-refractivity contribution < 1.29 is 24.0 Å². The molecule has 0 aliphatic carbocycles. The van der Waals surface area contributed by atoms with Gasteiger partial charge in [0.1, 0.15) is 5.60 Å². The number of carbonyl (C=O) groups is 3. The third-order valence-corrected chi connectivity index (χ3v) is 1.82. The van der Waals surface area contributed by atoms with Crippen LogP contribution < -0.4 is 0 Å². The Labute approximate surface area is 111 Å². The van der Waals surface area contributed by atoms with Crippen LogP contribution in [0.15, 0.2) is 0 Å². The van der Waals surface area contributed by atoms with Crippen LogP contribution in [0, 0.1) is 0 Å². The Morgan fingerprint density at radius 3 is 2.17 bits per heavy atom. The number of hydrogen-bond acceptors (Lipinski definition) is 5. The minimum absolute atomic E-state index is 0.0694. The topological polar surface area (TPSA) is 72.9 Å². The number of halogens is 1. The van der Waals surface area contributed by atoms with Gasteiger partial charge in [-0.2, -0.15) is 5.06 Å². The minimum atomic E-state index is -1.09. The summed E-state index contributed by atoms with van der Waals surface area (Å²) in [7, 11) is 1.27. The molecule has 0 fully saturated rings. The van der Waals surface area contributed by atoms with E-state index in [1.807, 2.05) is 0 Å². The SMILES string of the molecule is CN(OC(=O)Cl)C(=O)CCCC(=O)OC(C)(C)C. The van der Waals surface area contributed by atoms with E-state index in [1.165, 1.54) is 7.05 Å². The fourth-order valence-electron chi connectivity index (χ4n) is 1.09. The number of nitrogens with zero attached hydrogens (tertiary/aromatic N) is 1. The van der Waals surface area contributed by atoms with Gasteiger partial charge in [-0.3, -0.25) is 9.59 Å². The van der Waals surface area contributed by atoms with Crippen LogP contribution in [0.1, 0.15) is 40.0 Å². The lowest BCUT2D eigenvalue weighted by Crippen LogP contribution is -2.28. The molecule has 0 bridgehead atoms. The molecule has 18 heavy (non-hydrogen) atoms. The number of esters is 1. The number of hydrogen-bond donors (Lipinski definition) is 0. The van der Waals surface area contributed by atoms with Crippen molar-refractivity contribution in [3.8, 4) is 0 Å². The van der Waals surface area contributed by atoms with Crippen molar-refractivity contribution in [1.29, 1.82) is 0 Å². The van der Waals surface area contributed by atoms with Crippen LogP contribution in [0.5, 0.6) is 0 Å². The van der Waals surface area contributed by atoms with Gasteiger partial charge in [0.05, 0.1) is 0 Å². The first kappa shape index (κ1) is 16.7. The number of ether oxygens (including phenoxy) is 1. The molecule has 0 aromatic heterocycles. The molecule has 0 aliphatic rings. The first-order valence-electron chi connectivity index (χ1n) is 5.47. The smallest absolute Gasteiger partial charge is 0.428 e. The van der Waals surface area contributed by atoms with E-state index in [0.717, 1.165) is 5.06 Å². The highest BCUT2D eigenvalue weighted by molar-refractivity contribution is 6.61. The Kier molecular flexibility index (Phi) is 6.68. The van der Waals surface area contributed by atoms with Gasteiger partial charge in [0.15, 0.2) is 0 Å². The van der Waals surface area contributed by atoms with E-state index in [-0.39, 0.29) is 18.8 Å². The molecule has 0 heterocycles. The molecule has 1 amide bonds. The highest BCUT2D eigenvalue weighted by Crippen LogP contribution is 2.10. The molecule has 0 atom stereocenters. The van der Waals surface area contributed by atoms with E-state index in [4.69, 9.17) is 16.3 Å². The summed E-state index contributed by atoms with van der Waals surface area (Å²) in [6, 6.07) is 0. The zero-order chi connectivity index (χ0) is 14.3. The average molecular weight is 280 g/mol. The standard InChI is InChI=1S/C11H18ClNO5/c1-11(2,3)17-9(15)7-5-6-8(14)13(4)18-10(12)16/h5-7H2,1-4H3. The zero-order valence-corrected chi connectivity index (χ0v) is 11.7. The predicted molar refractivity (Wildman–Crippen MR) is 64.8 cm³/mol. The fraction of sp³-hybridized carbons (Fsp3) is 0.727. The van der Waals surface area contributed by atoms with E-state index >= 15 is 0 Å². The molecule has 0 aliphatic heterocycles. The number of hydroxylamine groups is 2. The van der Waals surface area contributed by atoms with Gasteiger partial charge in [0, 0.05) is 31.5 Å². The Balaban J connectivity index is 3.87. The molecule has 0 saturated carbocycles. The number of carbonyl (C=O) groups excluding carboxylic acids is 3. The fourth-order valence-corrected chi connectivity index (χ4v) is 1.20. The lowest BCUT2D eigenvalue weighted by atomic mass is 10.2. The molecule has 0 aromatic carbocycles. The zero-order valence-electron chi connectivity index (χ0n) is 11.0. The average Bonchev–Trinajstić information content (AvgIpc) is 2.13. The van der Waals surface area contributed by atoms with Crippen molar-refractivity contribution in [2.24, 2.45) is 0 Å². The highest BCUT2D eigenvalue weighted by atomic mass is 35.5. The molecule has 104 valence electrons. The molecular weight excluding hydrogens is 262 g/mol. The maximum absolute atomic E-state index is 11.4. The molecule has 0 radical (unpaired) electrons. The van der Waals surface area contributed by atoms with Crippen LogP contribution in [0.25, 0.3) is 0 Å². The van der Waals surface area contributed by atoms with Crippen LogP contribution in [0.3, 0.4) is 0 Å². The van der Waals surface area contributed by atoms with E-state index in [9.17, 15) is 14.4 Å². The second-order valence-corrected chi connectivity index (χ2v) is 4.97. The minimum Gasteiger partial charge on any atom is -0.460 e. The molecule has 0 aromatic rings. The molecule has 0 saturated heterocycles. The van der Waals surface area contributed by atoms with Crippen molar-refractivity contribution in [3.63, 3.8) is 0 Å². The molecular formula is C11H18ClNO5. The molecule has 0 N–H and O–H groups in total. The summed E-state index contributed by atoms with van der Waals surface area (Å²) in [4.78, 5) is 37.4. The summed E-state index contributed by atoms with van der Waals surface area (Å²) in [5.41, 5.74) is -1.62. The molecule has 7 heteroatoms. The van der Waals surface area contributed by atoms with Gasteiger partial charge in [-0.1, -0.05) is 0 Å². The number of amides is 1. The first-order valence-corrected chi connectivity index (χ1v) is 5.85. The Morgan fingerprint density at radius 2 is 1.72 bits per heavy atom. The summed E-state index contributed by atoms with van der Waals surface area (Å²) in [5, 5.41) is 0.741. The lowest BCUT2D eigenvalue weighted by molar-refractivity contribution is -0.158. The van der Waals surface area contributed by atoms with E-state index in [2.05, 4.69) is 4.84 Å². The summed E-state index contributed by atoms with van der Waals surface area (Å²) < 4.78 is 5.07. The summed E-state index contributed by atoms with van der Waals surface area (Å²) in [6.45, 7) is 5.30. The maximum atomic E-state index is 11.4. The molecule has 0 spiro atoms. The van der Waals surface area contributed by atoms with Crippen molar-refractivity contribution >= 4 is 28.9 Å². The van der Waals surface area contributed by atoms with Gasteiger partial charge >= 0.3 is 11.4 Å². The number of rotatable bonds is 4. The van der Waals surface area contributed by atoms with Gasteiger partial charge in [0.25, 0.3) is 5.91 Å². The van der Waals surface area contributed by atoms with Crippen molar-refractivity contribution in [2.45, 2.75) is 45.6 Å². The summed E-state index contributed by atoms with van der Waals surface area (Å²) in [5.74, 6) is -0.806. The Morgan fingerprint density at radius 1 is 1.17 bits per heavy atom. The largest absolute Gasteiger partial charge is 0.460 e. The van der Waals surface area contributed by atoms with Gasteiger partial charge in [0.2, 0.25) is 0 Å². The van der Waals surface area contributed by atoms with Crippen molar-refractivity contribution in [1.82, 2.24) is 5.06 Å². The van der Waals surface area contributed by atoms with E-state index < -0.39 is 16.9 Å². The Hall–Kier alpha value is -1.30. The molecule has 6 nitrogen and oxygen atoms in total. The predicted octanol–water partition coefficient (Wildman–Crippen LogP) is 2.25. The molecule has 0 unspecified atom stereocenters. The van der Waals surface area contributed by atoms with E-state index in [0.29, 0.717) is 6.42 Å². The van der Waals surface area contributed by atoms with Gasteiger partial charge in [-0.05, 0) is 27.2 Å². The lowest BCUT2D eigenvalue weighted by Gasteiger charge is -2.19. The van der Waals surface area contributed by atoms with Gasteiger partial charge < -0.3 is 9.57 Å². The summed E-state index contributed by atoms with van der Waals surface area (Å²) >= 11 is 4.94. The third-order valence-electron chi connectivity index (χ3n) is 1.75. The summed E-state index contributed by atoms with van der Waals surface area (Å²) in [6.07, 6.45) is 0.517. The Bertz CT molecular complexity index is 324. The second-order valence-electron chi connectivity index (χ2n) is 4.66. The second kappa shape index (κ2) is 7.20. The maximum Gasteiger partial charge on any atom is 0.428 e. The molecule has 0 rings (SSSR count). The van der Waals surface area contributed by atoms with E-state index in [1.54, 1.807) is 20.8 Å². The van der Waals surface area contributed by atoms with Crippen LogP contribution in [-0.4, -0.2) is 35.0 Å².